The Hall–Kier alpha value is -1.79. The van der Waals surface area contributed by atoms with Crippen LogP contribution < -0.4 is 20.5 Å². The van der Waals surface area contributed by atoms with E-state index in [0.717, 1.165) is 32.7 Å². The van der Waals surface area contributed by atoms with E-state index >= 15 is 0 Å². The lowest BCUT2D eigenvalue weighted by Gasteiger charge is -2.27. The fraction of sp³-hybridized carbons (Fsp3) is 0.533. The Morgan fingerprint density at radius 2 is 1.86 bits per heavy atom. The maximum Gasteiger partial charge on any atom is 0.166 e. The van der Waals surface area contributed by atoms with Crippen LogP contribution in [0.4, 0.5) is 5.69 Å². The first kappa shape index (κ1) is 14.2. The molecule has 21 heavy (non-hydrogen) atoms. The molecule has 3 rings (SSSR count). The van der Waals surface area contributed by atoms with Gasteiger partial charge in [0.25, 0.3) is 0 Å². The van der Waals surface area contributed by atoms with Gasteiger partial charge in [0.15, 0.2) is 17.3 Å². The summed E-state index contributed by atoms with van der Waals surface area (Å²) >= 11 is 0. The molecule has 1 aromatic carbocycles. The number of nitrogens with zero attached hydrogens (tertiary/aromatic N) is 1. The highest BCUT2D eigenvalue weighted by Crippen LogP contribution is 2.34. The lowest BCUT2D eigenvalue weighted by atomic mass is 10.0. The van der Waals surface area contributed by atoms with Crippen LogP contribution >= 0.6 is 0 Å². The molecule has 6 nitrogen and oxygen atoms in total. The van der Waals surface area contributed by atoms with E-state index in [9.17, 15) is 4.79 Å². The lowest BCUT2D eigenvalue weighted by molar-refractivity contribution is 0.0960. The highest BCUT2D eigenvalue weighted by atomic mass is 16.6. The van der Waals surface area contributed by atoms with Crippen molar-refractivity contribution in [3.63, 3.8) is 0 Å². The number of Topliss-reactive ketones (excluding diaryl/α,β-unsaturated/α-hetero) is 1. The van der Waals surface area contributed by atoms with Crippen LogP contribution in [0.5, 0.6) is 11.5 Å². The Bertz CT molecular complexity index is 527. The number of hydrogen-bond donors (Lipinski definition) is 2. The zero-order chi connectivity index (χ0) is 14.7. The van der Waals surface area contributed by atoms with Gasteiger partial charge in [-0.2, -0.15) is 0 Å². The summed E-state index contributed by atoms with van der Waals surface area (Å²) in [5.41, 5.74) is 6.97. The number of anilines is 1. The molecule has 2 aliphatic heterocycles. The van der Waals surface area contributed by atoms with E-state index < -0.39 is 0 Å². The zero-order valence-corrected chi connectivity index (χ0v) is 12.1. The normalized spacial score (nSPS) is 18.5. The largest absolute Gasteiger partial charge is 0.486 e. The number of hydrogen-bond acceptors (Lipinski definition) is 6. The number of piperazine rings is 1. The molecule has 0 aromatic heterocycles. The molecule has 3 N–H and O–H groups in total. The van der Waals surface area contributed by atoms with Crippen LogP contribution in [0.15, 0.2) is 12.1 Å². The van der Waals surface area contributed by atoms with Crippen molar-refractivity contribution in [1.29, 1.82) is 0 Å². The predicted molar refractivity (Wildman–Crippen MR) is 80.1 cm³/mol. The van der Waals surface area contributed by atoms with E-state index in [2.05, 4.69) is 10.2 Å². The Labute approximate surface area is 124 Å². The molecule has 0 amide bonds. The van der Waals surface area contributed by atoms with Crippen LogP contribution in [0.1, 0.15) is 16.8 Å². The van der Waals surface area contributed by atoms with E-state index in [4.69, 9.17) is 15.2 Å². The van der Waals surface area contributed by atoms with Gasteiger partial charge in [0.1, 0.15) is 13.2 Å². The van der Waals surface area contributed by atoms with E-state index in [1.54, 1.807) is 12.1 Å². The van der Waals surface area contributed by atoms with Gasteiger partial charge in [0.05, 0.1) is 0 Å². The third-order valence-corrected chi connectivity index (χ3v) is 3.88. The van der Waals surface area contributed by atoms with E-state index in [0.29, 0.717) is 42.4 Å². The van der Waals surface area contributed by atoms with Crippen molar-refractivity contribution in [1.82, 2.24) is 10.2 Å². The van der Waals surface area contributed by atoms with E-state index in [1.807, 2.05) is 0 Å². The third-order valence-electron chi connectivity index (χ3n) is 3.88. The summed E-state index contributed by atoms with van der Waals surface area (Å²) in [5.74, 6) is 1.29. The Morgan fingerprint density at radius 3 is 2.57 bits per heavy atom. The van der Waals surface area contributed by atoms with Crippen molar-refractivity contribution in [2.24, 2.45) is 0 Å². The highest BCUT2D eigenvalue weighted by molar-refractivity contribution is 6.01. The van der Waals surface area contributed by atoms with Gasteiger partial charge in [-0.05, 0) is 6.07 Å². The van der Waals surface area contributed by atoms with Crippen LogP contribution in [-0.4, -0.2) is 56.6 Å². The van der Waals surface area contributed by atoms with Gasteiger partial charge in [-0.1, -0.05) is 0 Å². The maximum atomic E-state index is 12.4. The highest BCUT2D eigenvalue weighted by Gasteiger charge is 2.19. The molecule has 6 heteroatoms. The van der Waals surface area contributed by atoms with Crippen molar-refractivity contribution in [3.8, 4) is 11.5 Å². The molecule has 0 unspecified atom stereocenters. The fourth-order valence-corrected chi connectivity index (χ4v) is 2.68. The molecule has 1 fully saturated rings. The predicted octanol–water partition coefficient (Wildman–Crippen LogP) is 0.518. The van der Waals surface area contributed by atoms with Gasteiger partial charge in [0.2, 0.25) is 0 Å². The second-order valence-corrected chi connectivity index (χ2v) is 5.35. The number of ether oxygens (including phenoxy) is 2. The second-order valence-electron chi connectivity index (χ2n) is 5.35. The summed E-state index contributed by atoms with van der Waals surface area (Å²) < 4.78 is 11.0. The molecule has 1 aromatic rings. The maximum absolute atomic E-state index is 12.4. The molecular weight excluding hydrogens is 270 g/mol. The van der Waals surface area contributed by atoms with Crippen molar-refractivity contribution >= 4 is 11.5 Å². The van der Waals surface area contributed by atoms with Crippen molar-refractivity contribution in [2.45, 2.75) is 6.42 Å². The van der Waals surface area contributed by atoms with Crippen molar-refractivity contribution in [2.75, 3.05) is 51.7 Å². The zero-order valence-electron chi connectivity index (χ0n) is 12.1. The lowest BCUT2D eigenvalue weighted by Crippen LogP contribution is -2.44. The molecule has 0 bridgehead atoms. The Balaban J connectivity index is 1.66. The van der Waals surface area contributed by atoms with Gasteiger partial charge in [0, 0.05) is 56.5 Å². The van der Waals surface area contributed by atoms with E-state index in [1.165, 1.54) is 0 Å². The fourth-order valence-electron chi connectivity index (χ4n) is 2.68. The van der Waals surface area contributed by atoms with E-state index in [-0.39, 0.29) is 5.78 Å². The topological polar surface area (TPSA) is 76.8 Å². The van der Waals surface area contributed by atoms with Crippen LogP contribution in [0.2, 0.25) is 0 Å². The number of carbonyl (C=O) groups is 1. The first-order valence-electron chi connectivity index (χ1n) is 7.39. The summed E-state index contributed by atoms with van der Waals surface area (Å²) in [7, 11) is 0. The van der Waals surface area contributed by atoms with Gasteiger partial charge < -0.3 is 25.4 Å². The molecule has 0 atom stereocenters. The minimum Gasteiger partial charge on any atom is -0.486 e. The Morgan fingerprint density at radius 1 is 1.19 bits per heavy atom. The molecule has 1 saturated heterocycles. The number of nitrogens with one attached hydrogen (secondary N) is 1. The number of benzene rings is 1. The van der Waals surface area contributed by atoms with Crippen LogP contribution in [-0.2, 0) is 0 Å². The van der Waals surface area contributed by atoms with Gasteiger partial charge in [-0.15, -0.1) is 0 Å². The summed E-state index contributed by atoms with van der Waals surface area (Å²) in [6, 6.07) is 3.40. The molecule has 0 saturated carbocycles. The van der Waals surface area contributed by atoms with Crippen molar-refractivity contribution < 1.29 is 14.3 Å². The number of nitrogen functional groups attached to an aromatic ring is 1. The molecule has 0 aliphatic carbocycles. The SMILES string of the molecule is Nc1cc2c(cc1C(=O)CCN1CCNCC1)OCCO2. The molecule has 0 radical (unpaired) electrons. The van der Waals surface area contributed by atoms with Gasteiger partial charge >= 0.3 is 0 Å². The van der Waals surface area contributed by atoms with Crippen molar-refractivity contribution in [3.05, 3.63) is 17.7 Å². The number of carbonyl (C=O) groups excluding carboxylic acids is 1. The standard InChI is InChI=1S/C15H21N3O3/c16-12-10-15-14(20-7-8-21-15)9-11(12)13(19)1-4-18-5-2-17-3-6-18/h9-10,17H,1-8,16H2. The first-order valence-corrected chi connectivity index (χ1v) is 7.39. The molecule has 2 heterocycles. The number of ketones is 1. The summed E-state index contributed by atoms with van der Waals surface area (Å²) in [6.45, 7) is 5.75. The smallest absolute Gasteiger partial charge is 0.166 e. The van der Waals surface area contributed by atoms with Gasteiger partial charge in [-0.25, -0.2) is 0 Å². The number of nitrogens with two attached hydrogens (primary N) is 1. The molecule has 2 aliphatic rings. The average molecular weight is 291 g/mol. The third kappa shape index (κ3) is 3.28. The summed E-state index contributed by atoms with van der Waals surface area (Å²) in [5, 5.41) is 3.30. The second kappa shape index (κ2) is 6.32. The minimum atomic E-state index is 0.0583. The molecule has 0 spiro atoms. The first-order chi connectivity index (χ1) is 10.2. The van der Waals surface area contributed by atoms with Crippen LogP contribution in [0, 0.1) is 0 Å². The molecule has 114 valence electrons. The average Bonchev–Trinajstić information content (AvgIpc) is 2.53. The molecular formula is C15H21N3O3. The van der Waals surface area contributed by atoms with Crippen LogP contribution in [0.3, 0.4) is 0 Å². The Kier molecular flexibility index (Phi) is 4.26. The quantitative estimate of drug-likeness (QED) is 0.622. The summed E-state index contributed by atoms with van der Waals surface area (Å²) in [4.78, 5) is 14.7. The summed E-state index contributed by atoms with van der Waals surface area (Å²) in [6.07, 6.45) is 0.476. The number of fused-ring (bicyclic) bond motifs is 1. The van der Waals surface area contributed by atoms with Crippen LogP contribution in [0.25, 0.3) is 0 Å². The number of rotatable bonds is 4. The van der Waals surface area contributed by atoms with Gasteiger partial charge in [-0.3, -0.25) is 4.79 Å². The minimum absolute atomic E-state index is 0.0583. The monoisotopic (exact) mass is 291 g/mol.